The Morgan fingerprint density at radius 3 is 2.60 bits per heavy atom. The van der Waals surface area contributed by atoms with E-state index < -0.39 is 0 Å². The van der Waals surface area contributed by atoms with Gasteiger partial charge < -0.3 is 14.6 Å². The second-order valence-corrected chi connectivity index (χ2v) is 7.13. The normalized spacial score (nSPS) is 11.1. The van der Waals surface area contributed by atoms with Gasteiger partial charge >= 0.3 is 0 Å². The Balaban J connectivity index is 1.57. The summed E-state index contributed by atoms with van der Waals surface area (Å²) in [5, 5.41) is 11.4. The van der Waals surface area contributed by atoms with Crippen molar-refractivity contribution in [2.45, 2.75) is 6.61 Å². The van der Waals surface area contributed by atoms with Crippen LogP contribution in [0.3, 0.4) is 0 Å². The van der Waals surface area contributed by atoms with Gasteiger partial charge in [0.15, 0.2) is 11.5 Å². The van der Waals surface area contributed by atoms with Crippen LogP contribution in [-0.4, -0.2) is 17.2 Å². The first-order valence-electron chi connectivity index (χ1n) is 9.45. The zero-order chi connectivity index (χ0) is 20.9. The summed E-state index contributed by atoms with van der Waals surface area (Å²) in [6, 6.07) is 22.7. The topological polar surface area (TPSA) is 51.6 Å². The number of pyridine rings is 1. The molecular formula is C25H20ClNO3. The zero-order valence-corrected chi connectivity index (χ0v) is 17.1. The molecular weight excluding hydrogens is 398 g/mol. The summed E-state index contributed by atoms with van der Waals surface area (Å²) >= 11 is 6.47. The summed E-state index contributed by atoms with van der Waals surface area (Å²) in [6.07, 6.45) is 3.75. The molecule has 0 saturated heterocycles. The Bertz CT molecular complexity index is 1210. The molecule has 4 nitrogen and oxygen atoms in total. The Hall–Kier alpha value is -3.50. The van der Waals surface area contributed by atoms with Crippen LogP contribution in [0.2, 0.25) is 5.02 Å². The molecule has 1 N–H and O–H groups in total. The van der Waals surface area contributed by atoms with Crippen LogP contribution in [-0.2, 0) is 6.61 Å². The van der Waals surface area contributed by atoms with Crippen LogP contribution in [0.1, 0.15) is 16.8 Å². The smallest absolute Gasteiger partial charge is 0.180 e. The minimum Gasteiger partial charge on any atom is -0.506 e. The number of nitrogens with zero attached hydrogens (tertiary/aromatic N) is 1. The average molecular weight is 418 g/mol. The van der Waals surface area contributed by atoms with Gasteiger partial charge in [0, 0.05) is 5.39 Å². The van der Waals surface area contributed by atoms with E-state index in [4.69, 9.17) is 21.1 Å². The number of hydrogen-bond acceptors (Lipinski definition) is 4. The number of phenols is 1. The van der Waals surface area contributed by atoms with Crippen LogP contribution >= 0.6 is 11.6 Å². The quantitative estimate of drug-likeness (QED) is 0.397. The van der Waals surface area contributed by atoms with E-state index in [1.54, 1.807) is 19.2 Å². The van der Waals surface area contributed by atoms with E-state index in [-0.39, 0.29) is 5.75 Å². The number of hydrogen-bond donors (Lipinski definition) is 1. The van der Waals surface area contributed by atoms with Crippen molar-refractivity contribution in [1.29, 1.82) is 0 Å². The molecule has 0 aliphatic heterocycles. The molecule has 150 valence electrons. The van der Waals surface area contributed by atoms with Crippen LogP contribution in [0, 0.1) is 0 Å². The van der Waals surface area contributed by atoms with Crippen LogP contribution in [0.4, 0.5) is 0 Å². The first kappa shape index (κ1) is 19.8. The molecule has 0 unspecified atom stereocenters. The van der Waals surface area contributed by atoms with E-state index in [1.807, 2.05) is 72.8 Å². The van der Waals surface area contributed by atoms with Crippen LogP contribution in [0.25, 0.3) is 23.1 Å². The first-order valence-corrected chi connectivity index (χ1v) is 9.83. The second-order valence-electron chi connectivity index (χ2n) is 6.73. The molecule has 0 aliphatic carbocycles. The van der Waals surface area contributed by atoms with Crippen molar-refractivity contribution in [3.8, 4) is 17.2 Å². The number of benzene rings is 3. The van der Waals surface area contributed by atoms with Gasteiger partial charge in [-0.1, -0.05) is 66.2 Å². The maximum atomic E-state index is 10.0. The molecule has 0 spiro atoms. The van der Waals surface area contributed by atoms with Crippen LogP contribution < -0.4 is 9.47 Å². The first-order chi connectivity index (χ1) is 14.6. The van der Waals surface area contributed by atoms with Gasteiger partial charge in [-0.3, -0.25) is 0 Å². The summed E-state index contributed by atoms with van der Waals surface area (Å²) < 4.78 is 11.4. The molecule has 0 bridgehead atoms. The standard InChI is InChI=1S/C25H20ClNO3/c1-29-23-15-18(14-21(26)25(23)30-16-17-6-3-2-4-7-17)10-12-20-13-11-19-8-5-9-22(28)24(19)27-20/h2-15,28H,16H2,1H3/b12-10+. The van der Waals surface area contributed by atoms with E-state index in [0.29, 0.717) is 28.6 Å². The minimum absolute atomic E-state index is 0.160. The zero-order valence-electron chi connectivity index (χ0n) is 16.4. The van der Waals surface area contributed by atoms with Crippen molar-refractivity contribution < 1.29 is 14.6 Å². The number of phenolic OH excluding ortho intramolecular Hbond substituents is 1. The Morgan fingerprint density at radius 1 is 0.967 bits per heavy atom. The van der Waals surface area contributed by atoms with Gasteiger partial charge in [0.1, 0.15) is 17.9 Å². The number of halogens is 1. The van der Waals surface area contributed by atoms with Gasteiger partial charge in [0.2, 0.25) is 0 Å². The van der Waals surface area contributed by atoms with E-state index in [2.05, 4.69) is 4.98 Å². The minimum atomic E-state index is 0.160. The van der Waals surface area contributed by atoms with Crippen molar-refractivity contribution in [2.24, 2.45) is 0 Å². The van der Waals surface area contributed by atoms with Crippen molar-refractivity contribution in [3.63, 3.8) is 0 Å². The number of ether oxygens (including phenoxy) is 2. The summed E-state index contributed by atoms with van der Waals surface area (Å²) in [5.41, 5.74) is 3.19. The van der Waals surface area contributed by atoms with Gasteiger partial charge in [-0.25, -0.2) is 4.98 Å². The second kappa shape index (κ2) is 8.89. The lowest BCUT2D eigenvalue weighted by atomic mass is 10.1. The number of rotatable bonds is 6. The van der Waals surface area contributed by atoms with Gasteiger partial charge in [-0.15, -0.1) is 0 Å². The van der Waals surface area contributed by atoms with Gasteiger partial charge in [0.25, 0.3) is 0 Å². The molecule has 1 heterocycles. The summed E-state index contributed by atoms with van der Waals surface area (Å²) in [4.78, 5) is 4.51. The van der Waals surface area contributed by atoms with Crippen molar-refractivity contribution in [3.05, 3.63) is 94.6 Å². The predicted octanol–water partition coefficient (Wildman–Crippen LogP) is 6.35. The fourth-order valence-electron chi connectivity index (χ4n) is 3.13. The lowest BCUT2D eigenvalue weighted by molar-refractivity contribution is 0.284. The highest BCUT2D eigenvalue weighted by molar-refractivity contribution is 6.32. The van der Waals surface area contributed by atoms with Crippen LogP contribution in [0.5, 0.6) is 17.2 Å². The monoisotopic (exact) mass is 417 g/mol. The number of aromatic hydroxyl groups is 1. The van der Waals surface area contributed by atoms with Gasteiger partial charge in [-0.2, -0.15) is 0 Å². The fraction of sp³-hybridized carbons (Fsp3) is 0.0800. The largest absolute Gasteiger partial charge is 0.506 e. The highest BCUT2D eigenvalue weighted by Gasteiger charge is 2.12. The molecule has 5 heteroatoms. The SMILES string of the molecule is COc1cc(/C=C/c2ccc3cccc(O)c3n2)cc(Cl)c1OCc1ccccc1. The van der Waals surface area contributed by atoms with Crippen molar-refractivity contribution in [2.75, 3.05) is 7.11 Å². The lowest BCUT2D eigenvalue weighted by Crippen LogP contribution is -1.98. The molecule has 0 atom stereocenters. The maximum Gasteiger partial charge on any atom is 0.180 e. The summed E-state index contributed by atoms with van der Waals surface area (Å²) in [6.45, 7) is 0.399. The summed E-state index contributed by atoms with van der Waals surface area (Å²) in [7, 11) is 1.59. The number of para-hydroxylation sites is 1. The van der Waals surface area contributed by atoms with E-state index in [9.17, 15) is 5.11 Å². The molecule has 0 amide bonds. The molecule has 0 fully saturated rings. The fourth-order valence-corrected chi connectivity index (χ4v) is 3.40. The highest BCUT2D eigenvalue weighted by atomic mass is 35.5. The third-order valence-electron chi connectivity index (χ3n) is 4.64. The van der Waals surface area contributed by atoms with E-state index in [1.165, 1.54) is 0 Å². The molecule has 0 aliphatic rings. The molecule has 1 aromatic heterocycles. The van der Waals surface area contributed by atoms with E-state index >= 15 is 0 Å². The lowest BCUT2D eigenvalue weighted by Gasteiger charge is -2.13. The van der Waals surface area contributed by atoms with E-state index in [0.717, 1.165) is 22.2 Å². The van der Waals surface area contributed by atoms with Crippen molar-refractivity contribution >= 4 is 34.7 Å². The average Bonchev–Trinajstić information content (AvgIpc) is 2.77. The Morgan fingerprint density at radius 2 is 1.80 bits per heavy atom. The Labute approximate surface area is 180 Å². The van der Waals surface area contributed by atoms with Gasteiger partial charge in [-0.05, 0) is 41.5 Å². The molecule has 0 saturated carbocycles. The molecule has 4 rings (SSSR count). The molecule has 0 radical (unpaired) electrons. The predicted molar refractivity (Wildman–Crippen MR) is 121 cm³/mol. The number of fused-ring (bicyclic) bond motifs is 1. The maximum absolute atomic E-state index is 10.0. The van der Waals surface area contributed by atoms with Crippen LogP contribution in [0.15, 0.2) is 72.8 Å². The number of aromatic nitrogens is 1. The highest BCUT2D eigenvalue weighted by Crippen LogP contribution is 2.37. The molecule has 30 heavy (non-hydrogen) atoms. The summed E-state index contributed by atoms with van der Waals surface area (Å²) in [5.74, 6) is 1.23. The number of methoxy groups -OCH3 is 1. The third-order valence-corrected chi connectivity index (χ3v) is 4.93. The molecule has 4 aromatic rings. The Kier molecular flexibility index (Phi) is 5.87. The third kappa shape index (κ3) is 4.39. The van der Waals surface area contributed by atoms with Gasteiger partial charge in [0.05, 0.1) is 17.8 Å². The van der Waals surface area contributed by atoms with Crippen molar-refractivity contribution in [1.82, 2.24) is 4.98 Å². The molecule has 3 aromatic carbocycles.